The molecule has 0 amide bonds. The molecule has 11 heteroatoms. The Kier molecular flexibility index (Phi) is 8.51. The number of halogens is 5. The Morgan fingerprint density at radius 1 is 1.14 bits per heavy atom. The van der Waals surface area contributed by atoms with Crippen molar-refractivity contribution in [2.24, 2.45) is 0 Å². The zero-order chi connectivity index (χ0) is 26.6. The van der Waals surface area contributed by atoms with Crippen molar-refractivity contribution in [2.75, 3.05) is 25.1 Å². The smallest absolute Gasteiger partial charge is 0.265 e. The highest BCUT2D eigenvalue weighted by molar-refractivity contribution is 6.17. The van der Waals surface area contributed by atoms with Gasteiger partial charge in [-0.2, -0.15) is 0 Å². The largest absolute Gasteiger partial charge is 0.494 e. The van der Waals surface area contributed by atoms with Crippen LogP contribution in [-0.2, 0) is 12.4 Å². The van der Waals surface area contributed by atoms with Gasteiger partial charge in [-0.3, -0.25) is 0 Å². The number of hydrogen-bond acceptors (Lipinski definition) is 6. The van der Waals surface area contributed by atoms with Gasteiger partial charge in [0.05, 0.1) is 24.2 Å². The lowest BCUT2D eigenvalue weighted by Gasteiger charge is -2.46. The van der Waals surface area contributed by atoms with E-state index in [1.54, 1.807) is 4.90 Å². The minimum absolute atomic E-state index is 0.0226. The van der Waals surface area contributed by atoms with Crippen LogP contribution in [0.15, 0.2) is 48.5 Å². The first-order valence-corrected chi connectivity index (χ1v) is 12.3. The standard InChI is InChI=1S/C26H27ClF4N4O2/c1-37-22-12-19(28)18(11-20(22)29)21-10-17(13-27)25(34-33-21)35-9-5-8-26(15-35,23(36)24(30)31)32-14-16-6-3-2-4-7-16/h2-4,6-7,10-12,23-24,32,36H,5,8-9,13-15H2,1H3/t23-,26-/m1/s1. The Morgan fingerprint density at radius 2 is 1.89 bits per heavy atom. The Balaban J connectivity index is 1.64. The van der Waals surface area contributed by atoms with E-state index in [0.29, 0.717) is 30.8 Å². The third kappa shape index (κ3) is 5.81. The third-order valence-electron chi connectivity index (χ3n) is 6.63. The summed E-state index contributed by atoms with van der Waals surface area (Å²) in [6.07, 6.45) is -4.08. The van der Waals surface area contributed by atoms with Crippen LogP contribution in [0.3, 0.4) is 0 Å². The van der Waals surface area contributed by atoms with Crippen LogP contribution in [0.25, 0.3) is 11.3 Å². The number of nitrogens with zero attached hydrogens (tertiary/aromatic N) is 3. The second kappa shape index (κ2) is 11.6. The monoisotopic (exact) mass is 538 g/mol. The van der Waals surface area contributed by atoms with Crippen LogP contribution in [0.5, 0.6) is 5.75 Å². The van der Waals surface area contributed by atoms with Crippen LogP contribution >= 0.6 is 11.6 Å². The maximum Gasteiger partial charge on any atom is 0.265 e. The molecule has 2 aromatic carbocycles. The molecule has 1 aliphatic heterocycles. The van der Waals surface area contributed by atoms with E-state index in [9.17, 15) is 22.7 Å². The van der Waals surface area contributed by atoms with Gasteiger partial charge in [0.2, 0.25) is 0 Å². The lowest BCUT2D eigenvalue weighted by molar-refractivity contribution is -0.0658. The first kappa shape index (κ1) is 27.1. The minimum atomic E-state index is -2.96. The summed E-state index contributed by atoms with van der Waals surface area (Å²) in [6, 6.07) is 12.7. The summed E-state index contributed by atoms with van der Waals surface area (Å²) < 4.78 is 61.2. The highest BCUT2D eigenvalue weighted by Crippen LogP contribution is 2.34. The third-order valence-corrected chi connectivity index (χ3v) is 6.92. The molecule has 37 heavy (non-hydrogen) atoms. The summed E-state index contributed by atoms with van der Waals surface area (Å²) in [5, 5.41) is 22.1. The van der Waals surface area contributed by atoms with Crippen molar-refractivity contribution in [3.05, 3.63) is 71.3 Å². The van der Waals surface area contributed by atoms with Crippen LogP contribution in [0.1, 0.15) is 24.0 Å². The van der Waals surface area contributed by atoms with Gasteiger partial charge in [-0.15, -0.1) is 21.8 Å². The van der Waals surface area contributed by atoms with Crippen molar-refractivity contribution < 1.29 is 27.4 Å². The topological polar surface area (TPSA) is 70.5 Å². The van der Waals surface area contributed by atoms with Crippen molar-refractivity contribution in [2.45, 2.75) is 43.3 Å². The molecule has 1 fully saturated rings. The number of ether oxygens (including phenoxy) is 1. The molecule has 0 aliphatic carbocycles. The molecule has 4 rings (SSSR count). The number of piperidine rings is 1. The molecule has 3 aromatic rings. The fourth-order valence-corrected chi connectivity index (χ4v) is 4.87. The Bertz CT molecular complexity index is 1220. The molecule has 6 nitrogen and oxygen atoms in total. The van der Waals surface area contributed by atoms with Crippen LogP contribution in [0.2, 0.25) is 0 Å². The highest BCUT2D eigenvalue weighted by atomic mass is 35.5. The lowest BCUT2D eigenvalue weighted by atomic mass is 9.83. The van der Waals surface area contributed by atoms with Gasteiger partial charge in [-0.1, -0.05) is 30.3 Å². The van der Waals surface area contributed by atoms with Gasteiger partial charge in [-0.25, -0.2) is 17.6 Å². The number of anilines is 1. The van der Waals surface area contributed by atoms with Crippen LogP contribution in [0, 0.1) is 11.6 Å². The van der Waals surface area contributed by atoms with Crippen LogP contribution in [-0.4, -0.2) is 53.6 Å². The van der Waals surface area contributed by atoms with E-state index in [2.05, 4.69) is 15.5 Å². The molecule has 1 saturated heterocycles. The summed E-state index contributed by atoms with van der Waals surface area (Å²) in [5.74, 6) is -1.45. The van der Waals surface area contributed by atoms with Gasteiger partial charge in [0, 0.05) is 36.8 Å². The van der Waals surface area contributed by atoms with Crippen molar-refractivity contribution in [1.29, 1.82) is 0 Å². The van der Waals surface area contributed by atoms with Gasteiger partial charge < -0.3 is 20.1 Å². The number of aromatic nitrogens is 2. The van der Waals surface area contributed by atoms with E-state index < -0.39 is 29.7 Å². The number of hydrogen-bond donors (Lipinski definition) is 2. The molecular formula is C26H27ClF4N4O2. The molecule has 2 N–H and O–H groups in total. The molecule has 2 atom stereocenters. The molecule has 1 aromatic heterocycles. The zero-order valence-electron chi connectivity index (χ0n) is 20.1. The predicted octanol–water partition coefficient (Wildman–Crippen LogP) is 4.92. The molecule has 0 saturated carbocycles. The summed E-state index contributed by atoms with van der Waals surface area (Å²) in [6.45, 7) is 0.775. The van der Waals surface area contributed by atoms with E-state index in [4.69, 9.17) is 16.3 Å². The number of aliphatic hydroxyl groups excluding tert-OH is 1. The summed E-state index contributed by atoms with van der Waals surface area (Å²) in [7, 11) is 1.23. The summed E-state index contributed by atoms with van der Waals surface area (Å²) in [4.78, 5) is 1.74. The van der Waals surface area contributed by atoms with E-state index in [1.807, 2.05) is 30.3 Å². The molecule has 0 unspecified atom stereocenters. The van der Waals surface area contributed by atoms with Crippen LogP contribution in [0.4, 0.5) is 23.4 Å². The quantitative estimate of drug-likeness (QED) is 0.298. The molecule has 198 valence electrons. The normalized spacial score (nSPS) is 18.8. The minimum Gasteiger partial charge on any atom is -0.494 e. The summed E-state index contributed by atoms with van der Waals surface area (Å²) in [5.41, 5.74) is -0.0179. The van der Waals surface area contributed by atoms with E-state index in [1.165, 1.54) is 13.2 Å². The SMILES string of the molecule is COc1cc(F)c(-c2cc(CCl)c(N3CCC[C@](NCc4ccccc4)([C@H](O)C(F)F)C3)nn2)cc1F. The number of aliphatic hydroxyl groups is 1. The summed E-state index contributed by atoms with van der Waals surface area (Å²) >= 11 is 6.19. The fraction of sp³-hybridized carbons (Fsp3) is 0.385. The van der Waals surface area contributed by atoms with E-state index >= 15 is 0 Å². The molecule has 2 heterocycles. The Labute approximate surface area is 217 Å². The second-order valence-electron chi connectivity index (χ2n) is 8.98. The fourth-order valence-electron chi connectivity index (χ4n) is 4.67. The second-order valence-corrected chi connectivity index (χ2v) is 9.25. The lowest BCUT2D eigenvalue weighted by Crippen LogP contribution is -2.65. The number of rotatable bonds is 9. The van der Waals surface area contributed by atoms with Gasteiger partial charge in [0.1, 0.15) is 11.9 Å². The van der Waals surface area contributed by atoms with Gasteiger partial charge in [-0.05, 0) is 30.5 Å². The van der Waals surface area contributed by atoms with Gasteiger partial charge in [0.15, 0.2) is 17.4 Å². The zero-order valence-corrected chi connectivity index (χ0v) is 20.9. The first-order valence-electron chi connectivity index (χ1n) is 11.7. The average Bonchev–Trinajstić information content (AvgIpc) is 2.92. The average molecular weight is 539 g/mol. The highest BCUT2D eigenvalue weighted by Gasteiger charge is 2.46. The van der Waals surface area contributed by atoms with Crippen molar-refractivity contribution in [1.82, 2.24) is 15.5 Å². The predicted molar refractivity (Wildman–Crippen MR) is 133 cm³/mol. The van der Waals surface area contributed by atoms with Crippen molar-refractivity contribution in [3.63, 3.8) is 0 Å². The molecular weight excluding hydrogens is 512 g/mol. The molecule has 0 radical (unpaired) electrons. The number of benzene rings is 2. The maximum absolute atomic E-state index is 14.6. The van der Waals surface area contributed by atoms with Crippen LogP contribution < -0.4 is 15.0 Å². The Hall–Kier alpha value is -2.95. The van der Waals surface area contributed by atoms with Crippen molar-refractivity contribution in [3.8, 4) is 17.0 Å². The Morgan fingerprint density at radius 3 is 2.57 bits per heavy atom. The molecule has 0 bridgehead atoms. The number of methoxy groups -OCH3 is 1. The van der Waals surface area contributed by atoms with E-state index in [-0.39, 0.29) is 36.0 Å². The number of nitrogens with one attached hydrogen (secondary N) is 1. The van der Waals surface area contributed by atoms with Crippen molar-refractivity contribution >= 4 is 17.4 Å². The molecule has 1 aliphatic rings. The number of alkyl halides is 3. The first-order chi connectivity index (χ1) is 17.8. The van der Waals surface area contributed by atoms with Gasteiger partial charge >= 0.3 is 0 Å². The molecule has 0 spiro atoms. The van der Waals surface area contributed by atoms with E-state index in [0.717, 1.165) is 17.7 Å². The van der Waals surface area contributed by atoms with Gasteiger partial charge in [0.25, 0.3) is 6.43 Å². The maximum atomic E-state index is 14.6.